The molecular formula is C13H22ClN3O2. The van der Waals surface area contributed by atoms with Gasteiger partial charge >= 0.3 is 0 Å². The Balaban J connectivity index is 0.00000180. The topological polar surface area (TPSA) is 56.3 Å². The number of nitrogens with zero attached hydrogens (tertiary/aromatic N) is 2. The summed E-state index contributed by atoms with van der Waals surface area (Å²) in [6.07, 6.45) is 6.94. The van der Waals surface area contributed by atoms with Crippen LogP contribution in [0, 0.1) is 5.92 Å². The number of hydrogen-bond donors (Lipinski definition) is 1. The van der Waals surface area contributed by atoms with E-state index in [2.05, 4.69) is 15.3 Å². The zero-order valence-electron chi connectivity index (χ0n) is 11.3. The smallest absolute Gasteiger partial charge is 0.237 e. The third-order valence-electron chi connectivity index (χ3n) is 3.30. The molecule has 2 heterocycles. The summed E-state index contributed by atoms with van der Waals surface area (Å²) < 4.78 is 10.8. The first kappa shape index (κ1) is 16.1. The van der Waals surface area contributed by atoms with E-state index >= 15 is 0 Å². The van der Waals surface area contributed by atoms with Gasteiger partial charge in [-0.1, -0.05) is 0 Å². The first-order valence-electron chi connectivity index (χ1n) is 6.52. The van der Waals surface area contributed by atoms with Gasteiger partial charge in [-0.15, -0.1) is 12.4 Å². The summed E-state index contributed by atoms with van der Waals surface area (Å²) in [7, 11) is 1.60. The number of aromatic nitrogens is 2. The SMILES string of the molecule is COc1nccnc1COCCC1CCNCC1.Cl. The molecule has 1 aliphatic rings. The quantitative estimate of drug-likeness (QED) is 0.809. The van der Waals surface area contributed by atoms with E-state index < -0.39 is 0 Å². The highest BCUT2D eigenvalue weighted by Gasteiger charge is 2.12. The van der Waals surface area contributed by atoms with Gasteiger partial charge in [0.15, 0.2) is 0 Å². The molecule has 0 aromatic carbocycles. The molecule has 0 spiro atoms. The molecule has 0 radical (unpaired) electrons. The molecule has 0 saturated carbocycles. The lowest BCUT2D eigenvalue weighted by Crippen LogP contribution is -2.28. The predicted molar refractivity (Wildman–Crippen MR) is 75.7 cm³/mol. The molecule has 1 aromatic heterocycles. The van der Waals surface area contributed by atoms with Crippen LogP contribution in [0.2, 0.25) is 0 Å². The predicted octanol–water partition coefficient (Wildman–Crippen LogP) is 1.81. The fraction of sp³-hybridized carbons (Fsp3) is 0.692. The van der Waals surface area contributed by atoms with E-state index in [9.17, 15) is 0 Å². The molecule has 1 aliphatic heterocycles. The van der Waals surface area contributed by atoms with Crippen LogP contribution in [0.3, 0.4) is 0 Å². The van der Waals surface area contributed by atoms with Crippen molar-refractivity contribution < 1.29 is 9.47 Å². The molecule has 1 saturated heterocycles. The van der Waals surface area contributed by atoms with Crippen molar-refractivity contribution in [3.05, 3.63) is 18.1 Å². The van der Waals surface area contributed by atoms with Crippen LogP contribution < -0.4 is 10.1 Å². The molecule has 5 nitrogen and oxygen atoms in total. The third kappa shape index (κ3) is 5.30. The Morgan fingerprint density at radius 3 is 2.74 bits per heavy atom. The average Bonchev–Trinajstić information content (AvgIpc) is 2.45. The number of rotatable bonds is 6. The summed E-state index contributed by atoms with van der Waals surface area (Å²) in [6.45, 7) is 3.54. The summed E-state index contributed by atoms with van der Waals surface area (Å²) in [4.78, 5) is 8.30. The zero-order valence-corrected chi connectivity index (χ0v) is 12.1. The van der Waals surface area contributed by atoms with Crippen molar-refractivity contribution in [2.24, 2.45) is 5.92 Å². The molecule has 6 heteroatoms. The number of halogens is 1. The second-order valence-electron chi connectivity index (χ2n) is 4.55. The molecule has 19 heavy (non-hydrogen) atoms. The van der Waals surface area contributed by atoms with Crippen LogP contribution in [0.1, 0.15) is 25.0 Å². The zero-order chi connectivity index (χ0) is 12.6. The van der Waals surface area contributed by atoms with Crippen LogP contribution in [0.4, 0.5) is 0 Å². The van der Waals surface area contributed by atoms with E-state index in [1.807, 2.05) is 0 Å². The average molecular weight is 288 g/mol. The van der Waals surface area contributed by atoms with Gasteiger partial charge < -0.3 is 14.8 Å². The van der Waals surface area contributed by atoms with Crippen molar-refractivity contribution in [3.63, 3.8) is 0 Å². The minimum Gasteiger partial charge on any atom is -0.480 e. The Morgan fingerprint density at radius 1 is 1.26 bits per heavy atom. The Hall–Kier alpha value is -0.910. The van der Waals surface area contributed by atoms with Crippen LogP contribution >= 0.6 is 12.4 Å². The van der Waals surface area contributed by atoms with Crippen molar-refractivity contribution >= 4 is 12.4 Å². The number of methoxy groups -OCH3 is 1. The molecule has 108 valence electrons. The number of nitrogens with one attached hydrogen (secondary N) is 1. The first-order chi connectivity index (χ1) is 8.90. The van der Waals surface area contributed by atoms with Crippen LogP contribution in [0.5, 0.6) is 5.88 Å². The first-order valence-corrected chi connectivity index (χ1v) is 6.52. The minimum absolute atomic E-state index is 0. The Labute approximate surface area is 120 Å². The van der Waals surface area contributed by atoms with Gasteiger partial charge in [0.25, 0.3) is 0 Å². The largest absolute Gasteiger partial charge is 0.480 e. The highest BCUT2D eigenvalue weighted by atomic mass is 35.5. The molecule has 0 unspecified atom stereocenters. The Kier molecular flexibility index (Phi) is 7.70. The number of ether oxygens (including phenoxy) is 2. The van der Waals surface area contributed by atoms with Gasteiger partial charge in [0.2, 0.25) is 5.88 Å². The summed E-state index contributed by atoms with van der Waals surface area (Å²) >= 11 is 0. The molecular weight excluding hydrogens is 266 g/mol. The maximum atomic E-state index is 5.66. The highest BCUT2D eigenvalue weighted by Crippen LogP contribution is 2.17. The van der Waals surface area contributed by atoms with Gasteiger partial charge in [-0.3, -0.25) is 4.98 Å². The lowest BCUT2D eigenvalue weighted by Gasteiger charge is -2.22. The second-order valence-corrected chi connectivity index (χ2v) is 4.55. The molecule has 1 aromatic rings. The highest BCUT2D eigenvalue weighted by molar-refractivity contribution is 5.85. The molecule has 0 bridgehead atoms. The summed E-state index contributed by atoms with van der Waals surface area (Å²) in [6, 6.07) is 0. The monoisotopic (exact) mass is 287 g/mol. The summed E-state index contributed by atoms with van der Waals surface area (Å²) in [5, 5.41) is 3.37. The Bertz CT molecular complexity index is 359. The maximum absolute atomic E-state index is 5.66. The molecule has 2 rings (SSSR count). The van der Waals surface area contributed by atoms with Gasteiger partial charge in [0.05, 0.1) is 13.7 Å². The number of hydrogen-bond acceptors (Lipinski definition) is 5. The van der Waals surface area contributed by atoms with Crippen molar-refractivity contribution in [3.8, 4) is 5.88 Å². The Morgan fingerprint density at radius 2 is 2.00 bits per heavy atom. The maximum Gasteiger partial charge on any atom is 0.237 e. The van der Waals surface area contributed by atoms with E-state index in [0.717, 1.165) is 37.7 Å². The van der Waals surface area contributed by atoms with Gasteiger partial charge in [0, 0.05) is 19.0 Å². The second kappa shape index (κ2) is 9.07. The molecule has 0 aliphatic carbocycles. The van der Waals surface area contributed by atoms with Gasteiger partial charge in [-0.2, -0.15) is 0 Å². The van der Waals surface area contributed by atoms with Gasteiger partial charge in [-0.05, 0) is 38.3 Å². The standard InChI is InChI=1S/C13H21N3O2.ClH/c1-17-13-12(15-7-8-16-13)10-18-9-4-11-2-5-14-6-3-11;/h7-8,11,14H,2-6,9-10H2,1H3;1H. The summed E-state index contributed by atoms with van der Waals surface area (Å²) in [5.74, 6) is 1.36. The minimum atomic E-state index is 0. The lowest BCUT2D eigenvalue weighted by molar-refractivity contribution is 0.0982. The van der Waals surface area contributed by atoms with Gasteiger partial charge in [-0.25, -0.2) is 4.98 Å². The van der Waals surface area contributed by atoms with Crippen molar-refractivity contribution in [1.82, 2.24) is 15.3 Å². The van der Waals surface area contributed by atoms with Crippen LogP contribution in [-0.4, -0.2) is 36.8 Å². The van der Waals surface area contributed by atoms with Crippen LogP contribution in [0.25, 0.3) is 0 Å². The summed E-state index contributed by atoms with van der Waals surface area (Å²) in [5.41, 5.74) is 0.769. The molecule has 1 fully saturated rings. The van der Waals surface area contributed by atoms with E-state index in [1.165, 1.54) is 12.8 Å². The fourth-order valence-corrected chi connectivity index (χ4v) is 2.21. The van der Waals surface area contributed by atoms with Crippen LogP contribution in [0.15, 0.2) is 12.4 Å². The van der Waals surface area contributed by atoms with Crippen LogP contribution in [-0.2, 0) is 11.3 Å². The van der Waals surface area contributed by atoms with E-state index in [-0.39, 0.29) is 12.4 Å². The van der Waals surface area contributed by atoms with Crippen molar-refractivity contribution in [2.75, 3.05) is 26.8 Å². The molecule has 0 amide bonds. The number of piperidine rings is 1. The van der Waals surface area contributed by atoms with E-state index in [0.29, 0.717) is 12.5 Å². The third-order valence-corrected chi connectivity index (χ3v) is 3.30. The lowest BCUT2D eigenvalue weighted by atomic mass is 9.95. The fourth-order valence-electron chi connectivity index (χ4n) is 2.21. The van der Waals surface area contributed by atoms with Crippen molar-refractivity contribution in [1.29, 1.82) is 0 Å². The molecule has 1 N–H and O–H groups in total. The molecule has 0 atom stereocenters. The van der Waals surface area contributed by atoms with E-state index in [1.54, 1.807) is 19.5 Å². The van der Waals surface area contributed by atoms with E-state index in [4.69, 9.17) is 9.47 Å². The normalized spacial score (nSPS) is 15.8. The van der Waals surface area contributed by atoms with Gasteiger partial charge in [0.1, 0.15) is 5.69 Å². The van der Waals surface area contributed by atoms with Crippen molar-refractivity contribution in [2.45, 2.75) is 25.9 Å².